The van der Waals surface area contributed by atoms with E-state index in [1.165, 1.54) is 10.9 Å². The van der Waals surface area contributed by atoms with Gasteiger partial charge in [-0.05, 0) is 42.8 Å². The molecule has 0 unspecified atom stereocenters. The summed E-state index contributed by atoms with van der Waals surface area (Å²) in [5.74, 6) is -0.636. The Hall–Kier alpha value is -4.45. The Morgan fingerprint density at radius 2 is 1.78 bits per heavy atom. The number of carbonyl (C=O) groups is 3. The fourth-order valence-electron chi connectivity index (χ4n) is 3.34. The number of aromatic nitrogens is 2. The van der Waals surface area contributed by atoms with Gasteiger partial charge in [0.05, 0.1) is 24.9 Å². The number of ether oxygens (including phenoxy) is 2. The van der Waals surface area contributed by atoms with Gasteiger partial charge in [0.2, 0.25) is 0 Å². The summed E-state index contributed by atoms with van der Waals surface area (Å²) >= 11 is 0. The summed E-state index contributed by atoms with van der Waals surface area (Å²) in [4.78, 5) is 36.8. The van der Waals surface area contributed by atoms with Crippen molar-refractivity contribution in [3.05, 3.63) is 71.9 Å². The number of unbranched alkanes of at least 4 members (excludes halogenated alkanes) is 2. The minimum atomic E-state index is -0.675. The lowest BCUT2D eigenvalue weighted by Gasteiger charge is -2.10. The van der Waals surface area contributed by atoms with Gasteiger partial charge in [-0.2, -0.15) is 10.4 Å². The second-order valence-electron chi connectivity index (χ2n) is 7.98. The van der Waals surface area contributed by atoms with E-state index in [4.69, 9.17) is 9.47 Å². The average Bonchev–Trinajstić information content (AvgIpc) is 3.31. The Kier molecular flexibility index (Phi) is 9.77. The Morgan fingerprint density at radius 1 is 1.03 bits per heavy atom. The van der Waals surface area contributed by atoms with Gasteiger partial charge in [0.15, 0.2) is 18.2 Å². The molecule has 0 saturated carbocycles. The number of carbonyl (C=O) groups excluding carboxylic acids is 3. The zero-order chi connectivity index (χ0) is 25.8. The van der Waals surface area contributed by atoms with Crippen molar-refractivity contribution in [1.82, 2.24) is 9.78 Å². The summed E-state index contributed by atoms with van der Waals surface area (Å²) in [6.45, 7) is 2.20. The van der Waals surface area contributed by atoms with Crippen molar-refractivity contribution >= 4 is 23.5 Å². The highest BCUT2D eigenvalue weighted by Crippen LogP contribution is 2.19. The van der Waals surface area contributed by atoms with E-state index in [2.05, 4.69) is 17.3 Å². The maximum absolute atomic E-state index is 12.4. The third-order valence-electron chi connectivity index (χ3n) is 5.26. The molecular weight excluding hydrogens is 460 g/mol. The van der Waals surface area contributed by atoms with Crippen LogP contribution in [0, 0.1) is 11.3 Å². The van der Waals surface area contributed by atoms with Crippen LogP contribution in [-0.4, -0.2) is 40.7 Å². The second-order valence-corrected chi connectivity index (χ2v) is 7.98. The van der Waals surface area contributed by atoms with Crippen molar-refractivity contribution in [1.29, 1.82) is 5.26 Å². The van der Waals surface area contributed by atoms with Gasteiger partial charge in [-0.3, -0.25) is 14.4 Å². The lowest BCUT2D eigenvalue weighted by Crippen LogP contribution is -2.23. The molecule has 0 saturated heterocycles. The summed E-state index contributed by atoms with van der Waals surface area (Å²) in [5.41, 5.74) is 1.29. The van der Waals surface area contributed by atoms with Crippen molar-refractivity contribution in [3.63, 3.8) is 0 Å². The molecule has 0 radical (unpaired) electrons. The first-order chi connectivity index (χ1) is 17.5. The number of nitrogens with zero attached hydrogens (tertiary/aromatic N) is 3. The number of benzene rings is 2. The summed E-state index contributed by atoms with van der Waals surface area (Å²) in [6.07, 6.45) is 4.34. The van der Waals surface area contributed by atoms with E-state index in [1.54, 1.807) is 48.5 Å². The number of rotatable bonds is 13. The minimum absolute atomic E-state index is 0.0451. The molecule has 1 N–H and O–H groups in total. The van der Waals surface area contributed by atoms with Crippen LogP contribution in [0.1, 0.15) is 54.9 Å². The molecule has 0 aliphatic carbocycles. The van der Waals surface area contributed by atoms with Crippen LogP contribution in [0.4, 0.5) is 5.82 Å². The summed E-state index contributed by atoms with van der Waals surface area (Å²) in [6, 6.07) is 17.7. The number of nitrogens with one attached hydrogen (secondary N) is 1. The van der Waals surface area contributed by atoms with Crippen LogP contribution in [0.2, 0.25) is 0 Å². The molecule has 9 heteroatoms. The number of nitriles is 1. The van der Waals surface area contributed by atoms with Crippen LogP contribution in [0.25, 0.3) is 5.69 Å². The molecule has 1 heterocycles. The Bertz CT molecular complexity index is 1210. The molecular formula is C27H28N4O5. The van der Waals surface area contributed by atoms with Crippen LogP contribution < -0.4 is 10.1 Å². The highest BCUT2D eigenvalue weighted by Gasteiger charge is 2.17. The number of Topliss-reactive ketones (excluding diaryl/α,β-unsaturated/α-hetero) is 1. The van der Waals surface area contributed by atoms with Crippen molar-refractivity contribution in [3.8, 4) is 17.5 Å². The fraction of sp³-hybridized carbons (Fsp3) is 0.296. The zero-order valence-electron chi connectivity index (χ0n) is 20.1. The van der Waals surface area contributed by atoms with Crippen molar-refractivity contribution in [2.75, 3.05) is 18.5 Å². The quantitative estimate of drug-likeness (QED) is 0.214. The van der Waals surface area contributed by atoms with Gasteiger partial charge in [0.25, 0.3) is 5.91 Å². The van der Waals surface area contributed by atoms with Crippen molar-refractivity contribution in [2.24, 2.45) is 0 Å². The maximum Gasteiger partial charge on any atom is 0.306 e. The van der Waals surface area contributed by atoms with E-state index in [9.17, 15) is 19.6 Å². The number of hydrogen-bond acceptors (Lipinski definition) is 7. The van der Waals surface area contributed by atoms with Gasteiger partial charge in [-0.25, -0.2) is 4.68 Å². The van der Waals surface area contributed by atoms with Gasteiger partial charge >= 0.3 is 5.97 Å². The van der Waals surface area contributed by atoms with E-state index in [1.807, 2.05) is 12.1 Å². The van der Waals surface area contributed by atoms with E-state index < -0.39 is 18.5 Å². The van der Waals surface area contributed by atoms with Crippen molar-refractivity contribution in [2.45, 2.75) is 39.0 Å². The molecule has 1 amide bonds. The number of amides is 1. The van der Waals surface area contributed by atoms with E-state index in [-0.39, 0.29) is 30.0 Å². The van der Waals surface area contributed by atoms with Crippen molar-refractivity contribution < 1.29 is 23.9 Å². The molecule has 9 nitrogen and oxygen atoms in total. The fourth-order valence-corrected chi connectivity index (χ4v) is 3.34. The minimum Gasteiger partial charge on any atom is -0.494 e. The monoisotopic (exact) mass is 488 g/mol. The molecule has 0 spiro atoms. The normalized spacial score (nSPS) is 10.3. The van der Waals surface area contributed by atoms with Crippen LogP contribution in [0.15, 0.2) is 60.8 Å². The Labute approximate surface area is 209 Å². The summed E-state index contributed by atoms with van der Waals surface area (Å²) < 4.78 is 12.1. The van der Waals surface area contributed by atoms with Crippen LogP contribution in [-0.2, 0) is 14.3 Å². The SMILES string of the molecule is CCCCCOc1ccc(C(=O)CCC(=O)OCC(=O)Nc2c(C#N)cnn2-c2ccccc2)cc1. The third-order valence-corrected chi connectivity index (χ3v) is 5.26. The van der Waals surface area contributed by atoms with E-state index in [0.717, 1.165) is 19.3 Å². The smallest absolute Gasteiger partial charge is 0.306 e. The first-order valence-corrected chi connectivity index (χ1v) is 11.8. The zero-order valence-corrected chi connectivity index (χ0v) is 20.1. The molecule has 0 aliphatic rings. The number of para-hydroxylation sites is 1. The highest BCUT2D eigenvalue weighted by molar-refractivity contribution is 5.98. The van der Waals surface area contributed by atoms with Gasteiger partial charge in [0, 0.05) is 12.0 Å². The highest BCUT2D eigenvalue weighted by atomic mass is 16.5. The molecule has 2 aromatic carbocycles. The molecule has 186 valence electrons. The van der Waals surface area contributed by atoms with Gasteiger partial charge in [0.1, 0.15) is 17.4 Å². The largest absolute Gasteiger partial charge is 0.494 e. The molecule has 36 heavy (non-hydrogen) atoms. The standard InChI is InChI=1S/C27H28N4O5/c1-2-3-7-16-35-23-12-10-20(11-13-23)24(32)14-15-26(34)36-19-25(33)30-27-21(17-28)18-29-31(27)22-8-5-4-6-9-22/h4-6,8-13,18H,2-3,7,14-16,19H2,1H3,(H,30,33). The molecule has 3 aromatic rings. The van der Waals surface area contributed by atoms with E-state index in [0.29, 0.717) is 23.6 Å². The molecule has 1 aromatic heterocycles. The topological polar surface area (TPSA) is 123 Å². The Balaban J connectivity index is 1.45. The molecule has 0 fully saturated rings. The Morgan fingerprint density at radius 3 is 2.47 bits per heavy atom. The predicted octanol–water partition coefficient (Wildman–Crippen LogP) is 4.46. The third kappa shape index (κ3) is 7.53. The molecule has 0 bridgehead atoms. The van der Waals surface area contributed by atoms with E-state index >= 15 is 0 Å². The van der Waals surface area contributed by atoms with Gasteiger partial charge in [-0.15, -0.1) is 0 Å². The molecule has 0 aliphatic heterocycles. The predicted molar refractivity (Wildman–Crippen MR) is 133 cm³/mol. The first kappa shape index (κ1) is 26.2. The number of anilines is 1. The number of esters is 1. The lowest BCUT2D eigenvalue weighted by atomic mass is 10.1. The average molecular weight is 489 g/mol. The molecule has 3 rings (SSSR count). The maximum atomic E-state index is 12.4. The second kappa shape index (κ2) is 13.4. The van der Waals surface area contributed by atoms with Gasteiger partial charge < -0.3 is 14.8 Å². The lowest BCUT2D eigenvalue weighted by molar-refractivity contribution is -0.147. The number of hydrogen-bond donors (Lipinski definition) is 1. The molecule has 0 atom stereocenters. The van der Waals surface area contributed by atoms with Gasteiger partial charge in [-0.1, -0.05) is 38.0 Å². The summed E-state index contributed by atoms with van der Waals surface area (Å²) in [5, 5.41) is 16.0. The van der Waals surface area contributed by atoms with Crippen LogP contribution >= 0.6 is 0 Å². The summed E-state index contributed by atoms with van der Waals surface area (Å²) in [7, 11) is 0. The van der Waals surface area contributed by atoms with Crippen LogP contribution in [0.3, 0.4) is 0 Å². The van der Waals surface area contributed by atoms with Crippen LogP contribution in [0.5, 0.6) is 5.75 Å². The first-order valence-electron chi connectivity index (χ1n) is 11.8. The number of ketones is 1.